The highest BCUT2D eigenvalue weighted by molar-refractivity contribution is 7.80. The standard InChI is InChI=1S/C18H26N4O2S/c1-14(2)10-12-20-18(25)22-21-17(24)11-13-19-16(23)9-8-15-6-4-3-5-7-15/h3-9,14H,10-13H2,1-2H3,(H,19,23)(H,21,24)(H2,20,22,25)/b9-8+. The molecule has 0 aromatic heterocycles. The first-order valence-corrected chi connectivity index (χ1v) is 8.72. The lowest BCUT2D eigenvalue weighted by atomic mass is 10.1. The fourth-order valence-electron chi connectivity index (χ4n) is 1.80. The molecule has 1 rings (SSSR count). The molecule has 0 saturated carbocycles. The molecule has 1 aromatic carbocycles. The van der Waals surface area contributed by atoms with Gasteiger partial charge in [-0.3, -0.25) is 20.4 Å². The first-order valence-electron chi connectivity index (χ1n) is 8.31. The molecule has 0 radical (unpaired) electrons. The summed E-state index contributed by atoms with van der Waals surface area (Å²) >= 11 is 5.04. The van der Waals surface area contributed by atoms with Crippen LogP contribution in [0.2, 0.25) is 0 Å². The minimum atomic E-state index is -0.250. The van der Waals surface area contributed by atoms with Crippen molar-refractivity contribution >= 4 is 35.2 Å². The molecule has 1 aromatic rings. The van der Waals surface area contributed by atoms with Crippen LogP contribution in [-0.2, 0) is 9.59 Å². The van der Waals surface area contributed by atoms with Crippen LogP contribution >= 0.6 is 12.2 Å². The van der Waals surface area contributed by atoms with E-state index in [1.807, 2.05) is 30.3 Å². The molecule has 4 N–H and O–H groups in total. The normalized spacial score (nSPS) is 10.5. The lowest BCUT2D eigenvalue weighted by molar-refractivity contribution is -0.121. The quantitative estimate of drug-likeness (QED) is 0.322. The number of carbonyl (C=O) groups is 2. The van der Waals surface area contributed by atoms with Crippen LogP contribution in [0.3, 0.4) is 0 Å². The molecule has 0 fully saturated rings. The number of amides is 2. The van der Waals surface area contributed by atoms with Gasteiger partial charge < -0.3 is 10.6 Å². The smallest absolute Gasteiger partial charge is 0.244 e. The third-order valence-electron chi connectivity index (χ3n) is 3.20. The Balaban J connectivity index is 2.12. The molecule has 0 saturated heterocycles. The zero-order chi connectivity index (χ0) is 18.5. The topological polar surface area (TPSA) is 82.3 Å². The summed E-state index contributed by atoms with van der Waals surface area (Å²) < 4.78 is 0. The minimum absolute atomic E-state index is 0.159. The number of hydrogen-bond donors (Lipinski definition) is 4. The summed E-state index contributed by atoms with van der Waals surface area (Å²) in [5.41, 5.74) is 6.07. The summed E-state index contributed by atoms with van der Waals surface area (Å²) in [6, 6.07) is 9.52. The summed E-state index contributed by atoms with van der Waals surface area (Å²) in [6.07, 6.45) is 4.32. The molecule has 0 aliphatic carbocycles. The van der Waals surface area contributed by atoms with Gasteiger partial charge in [-0.1, -0.05) is 44.2 Å². The molecule has 0 aliphatic rings. The number of carbonyl (C=O) groups excluding carboxylic acids is 2. The summed E-state index contributed by atoms with van der Waals surface area (Å²) in [6.45, 7) is 5.26. The second-order valence-electron chi connectivity index (χ2n) is 5.90. The second kappa shape index (κ2) is 12.0. The Morgan fingerprint density at radius 1 is 1.08 bits per heavy atom. The third-order valence-corrected chi connectivity index (χ3v) is 3.45. The molecule has 0 atom stereocenters. The van der Waals surface area contributed by atoms with Crippen molar-refractivity contribution in [2.75, 3.05) is 13.1 Å². The number of thiocarbonyl (C=S) groups is 1. The van der Waals surface area contributed by atoms with Crippen molar-refractivity contribution in [1.29, 1.82) is 0 Å². The van der Waals surface area contributed by atoms with E-state index in [0.717, 1.165) is 18.5 Å². The van der Waals surface area contributed by atoms with Crippen LogP contribution < -0.4 is 21.5 Å². The van der Waals surface area contributed by atoms with Gasteiger partial charge in [0.25, 0.3) is 0 Å². The van der Waals surface area contributed by atoms with Gasteiger partial charge >= 0.3 is 0 Å². The summed E-state index contributed by atoms with van der Waals surface area (Å²) in [4.78, 5) is 23.3. The van der Waals surface area contributed by atoms with E-state index >= 15 is 0 Å². The highest BCUT2D eigenvalue weighted by Gasteiger charge is 2.03. The SMILES string of the molecule is CC(C)CCNC(=S)NNC(=O)CCNC(=O)/C=C/c1ccccc1. The molecule has 0 bridgehead atoms. The monoisotopic (exact) mass is 362 g/mol. The zero-order valence-corrected chi connectivity index (χ0v) is 15.5. The summed E-state index contributed by atoms with van der Waals surface area (Å²) in [5, 5.41) is 6.04. The highest BCUT2D eigenvalue weighted by Crippen LogP contribution is 2.00. The lowest BCUT2D eigenvalue weighted by Crippen LogP contribution is -2.47. The van der Waals surface area contributed by atoms with Crippen LogP contribution in [-0.4, -0.2) is 30.0 Å². The van der Waals surface area contributed by atoms with Crippen molar-refractivity contribution < 1.29 is 9.59 Å². The molecule has 0 spiro atoms. The van der Waals surface area contributed by atoms with Crippen LogP contribution in [0.15, 0.2) is 36.4 Å². The Kier molecular flexibility index (Phi) is 9.92. The van der Waals surface area contributed by atoms with Crippen molar-refractivity contribution in [3.05, 3.63) is 42.0 Å². The number of nitrogens with one attached hydrogen (secondary N) is 4. The van der Waals surface area contributed by atoms with Gasteiger partial charge in [0.1, 0.15) is 0 Å². The number of rotatable bonds is 8. The predicted molar refractivity (Wildman–Crippen MR) is 104 cm³/mol. The highest BCUT2D eigenvalue weighted by atomic mass is 32.1. The lowest BCUT2D eigenvalue weighted by Gasteiger charge is -2.12. The Bertz CT molecular complexity index is 588. The first-order chi connectivity index (χ1) is 12.0. The zero-order valence-electron chi connectivity index (χ0n) is 14.7. The maximum atomic E-state index is 11.7. The third kappa shape index (κ3) is 10.9. The van der Waals surface area contributed by atoms with Crippen molar-refractivity contribution in [2.24, 2.45) is 5.92 Å². The Labute approximate surface area is 154 Å². The second-order valence-corrected chi connectivity index (χ2v) is 6.30. The minimum Gasteiger partial charge on any atom is -0.361 e. The van der Waals surface area contributed by atoms with E-state index in [1.54, 1.807) is 6.08 Å². The van der Waals surface area contributed by atoms with Crippen LogP contribution in [0.1, 0.15) is 32.3 Å². The van der Waals surface area contributed by atoms with Crippen molar-refractivity contribution in [2.45, 2.75) is 26.7 Å². The van der Waals surface area contributed by atoms with Crippen LogP contribution in [0.4, 0.5) is 0 Å². The largest absolute Gasteiger partial charge is 0.361 e. The van der Waals surface area contributed by atoms with E-state index in [2.05, 4.69) is 35.3 Å². The predicted octanol–water partition coefficient (Wildman–Crippen LogP) is 1.75. The van der Waals surface area contributed by atoms with Gasteiger partial charge in [-0.2, -0.15) is 0 Å². The van der Waals surface area contributed by atoms with E-state index in [1.165, 1.54) is 6.08 Å². The van der Waals surface area contributed by atoms with Crippen LogP contribution in [0.25, 0.3) is 6.08 Å². The molecule has 7 heteroatoms. The van der Waals surface area contributed by atoms with Gasteiger partial charge in [-0.15, -0.1) is 0 Å². The Morgan fingerprint density at radius 2 is 1.80 bits per heavy atom. The average Bonchev–Trinajstić information content (AvgIpc) is 2.59. The number of hydrazine groups is 1. The molecule has 0 heterocycles. The van der Waals surface area contributed by atoms with E-state index < -0.39 is 0 Å². The average molecular weight is 362 g/mol. The van der Waals surface area contributed by atoms with Crippen molar-refractivity contribution in [3.8, 4) is 0 Å². The number of benzene rings is 1. The fourth-order valence-corrected chi connectivity index (χ4v) is 1.95. The number of hydrogen-bond acceptors (Lipinski definition) is 3. The maximum Gasteiger partial charge on any atom is 0.244 e. The van der Waals surface area contributed by atoms with Crippen LogP contribution in [0.5, 0.6) is 0 Å². The summed E-state index contributed by atoms with van der Waals surface area (Å²) in [7, 11) is 0. The van der Waals surface area contributed by atoms with Gasteiger partial charge in [0.05, 0.1) is 0 Å². The van der Waals surface area contributed by atoms with Gasteiger partial charge in [0, 0.05) is 25.6 Å². The van der Waals surface area contributed by atoms with E-state index in [9.17, 15) is 9.59 Å². The Hall–Kier alpha value is -2.41. The van der Waals surface area contributed by atoms with Gasteiger partial charge in [0.2, 0.25) is 11.8 Å². The Morgan fingerprint density at radius 3 is 2.48 bits per heavy atom. The van der Waals surface area contributed by atoms with Crippen LogP contribution in [0, 0.1) is 5.92 Å². The molecule has 136 valence electrons. The van der Waals surface area contributed by atoms with Gasteiger partial charge in [-0.25, -0.2) is 0 Å². The van der Waals surface area contributed by atoms with Gasteiger partial charge in [-0.05, 0) is 36.2 Å². The first kappa shape index (κ1) is 20.6. The molecule has 25 heavy (non-hydrogen) atoms. The molecular formula is C18H26N4O2S. The van der Waals surface area contributed by atoms with E-state index in [-0.39, 0.29) is 24.8 Å². The van der Waals surface area contributed by atoms with Gasteiger partial charge in [0.15, 0.2) is 5.11 Å². The van der Waals surface area contributed by atoms with E-state index in [4.69, 9.17) is 12.2 Å². The summed E-state index contributed by atoms with van der Waals surface area (Å²) in [5.74, 6) is 0.0975. The molecule has 2 amide bonds. The van der Waals surface area contributed by atoms with Crippen molar-refractivity contribution in [3.63, 3.8) is 0 Å². The molecule has 0 unspecified atom stereocenters. The molecular weight excluding hydrogens is 336 g/mol. The molecule has 0 aliphatic heterocycles. The van der Waals surface area contributed by atoms with E-state index in [0.29, 0.717) is 11.0 Å². The van der Waals surface area contributed by atoms with Crippen molar-refractivity contribution in [1.82, 2.24) is 21.5 Å². The maximum absolute atomic E-state index is 11.7. The fraction of sp³-hybridized carbons (Fsp3) is 0.389. The molecule has 6 nitrogen and oxygen atoms in total.